The summed E-state index contributed by atoms with van der Waals surface area (Å²) >= 11 is 9.38. The average Bonchev–Trinajstić information content (AvgIpc) is 3.24. The molecule has 0 saturated heterocycles. The zero-order valence-corrected chi connectivity index (χ0v) is 13.6. The molecule has 0 aliphatic heterocycles. The molecule has 1 aromatic heterocycles. The van der Waals surface area contributed by atoms with Crippen molar-refractivity contribution in [2.75, 3.05) is 5.32 Å². The van der Waals surface area contributed by atoms with Crippen LogP contribution in [0.3, 0.4) is 0 Å². The molecule has 104 valence electrons. The zero-order chi connectivity index (χ0) is 14.1. The van der Waals surface area contributed by atoms with Gasteiger partial charge in [0.2, 0.25) is 0 Å². The van der Waals surface area contributed by atoms with E-state index in [0.29, 0.717) is 12.0 Å². The lowest BCUT2D eigenvalue weighted by atomic mass is 10.0. The monoisotopic (exact) mass is 350 g/mol. The first kappa shape index (κ1) is 13.9. The van der Waals surface area contributed by atoms with Gasteiger partial charge >= 0.3 is 0 Å². The number of halogens is 2. The lowest BCUT2D eigenvalue weighted by Crippen LogP contribution is -2.14. The van der Waals surface area contributed by atoms with E-state index >= 15 is 0 Å². The lowest BCUT2D eigenvalue weighted by Gasteiger charge is -2.21. The Bertz CT molecular complexity index is 608. The molecule has 2 nitrogen and oxygen atoms in total. The van der Waals surface area contributed by atoms with Crippen LogP contribution in [0.15, 0.2) is 41.0 Å². The molecular formula is C16H16BrClN2. The fourth-order valence-corrected chi connectivity index (χ4v) is 2.95. The molecule has 0 radical (unpaired) electrons. The number of hydrogen-bond donors (Lipinski definition) is 1. The van der Waals surface area contributed by atoms with E-state index in [1.165, 1.54) is 18.4 Å². The molecule has 0 amide bonds. The fraction of sp³-hybridized carbons (Fsp3) is 0.312. The second-order valence-corrected chi connectivity index (χ2v) is 6.53. The Morgan fingerprint density at radius 1 is 1.20 bits per heavy atom. The Morgan fingerprint density at radius 3 is 2.50 bits per heavy atom. The molecule has 1 aliphatic carbocycles. The van der Waals surface area contributed by atoms with E-state index in [2.05, 4.69) is 44.4 Å². The van der Waals surface area contributed by atoms with Gasteiger partial charge in [-0.05, 0) is 71.4 Å². The Labute approximate surface area is 132 Å². The van der Waals surface area contributed by atoms with Crippen LogP contribution in [-0.2, 0) is 0 Å². The van der Waals surface area contributed by atoms with Crippen molar-refractivity contribution in [3.63, 3.8) is 0 Å². The molecule has 1 heterocycles. The quantitative estimate of drug-likeness (QED) is 0.749. The van der Waals surface area contributed by atoms with Crippen molar-refractivity contribution in [2.45, 2.75) is 25.8 Å². The molecule has 1 fully saturated rings. The number of anilines is 1. The SMILES string of the molecule is Cc1nc(Br)ccc1NC(c1ccc(Cl)cc1)C1CC1. The summed E-state index contributed by atoms with van der Waals surface area (Å²) in [6, 6.07) is 12.5. The van der Waals surface area contributed by atoms with E-state index in [1.807, 2.05) is 25.1 Å². The number of rotatable bonds is 4. The highest BCUT2D eigenvalue weighted by Crippen LogP contribution is 2.43. The van der Waals surface area contributed by atoms with Crippen molar-refractivity contribution in [3.8, 4) is 0 Å². The maximum atomic E-state index is 5.98. The first-order chi connectivity index (χ1) is 9.63. The minimum atomic E-state index is 0.342. The highest BCUT2D eigenvalue weighted by molar-refractivity contribution is 9.10. The molecule has 1 atom stereocenters. The first-order valence-electron chi connectivity index (χ1n) is 6.78. The van der Waals surface area contributed by atoms with Gasteiger partial charge in [0.1, 0.15) is 4.60 Å². The van der Waals surface area contributed by atoms with Gasteiger partial charge in [0.15, 0.2) is 0 Å². The maximum absolute atomic E-state index is 5.98. The molecule has 1 aliphatic rings. The second-order valence-electron chi connectivity index (χ2n) is 5.28. The molecule has 2 aromatic rings. The third-order valence-corrected chi connectivity index (χ3v) is 4.38. The van der Waals surface area contributed by atoms with Gasteiger partial charge in [-0.3, -0.25) is 0 Å². The Hall–Kier alpha value is -1.06. The number of hydrogen-bond acceptors (Lipinski definition) is 2. The summed E-state index contributed by atoms with van der Waals surface area (Å²) in [6.45, 7) is 2.03. The van der Waals surface area contributed by atoms with Gasteiger partial charge in [0, 0.05) is 5.02 Å². The molecule has 1 unspecified atom stereocenters. The van der Waals surface area contributed by atoms with E-state index in [1.54, 1.807) is 0 Å². The smallest absolute Gasteiger partial charge is 0.106 e. The summed E-state index contributed by atoms with van der Waals surface area (Å²) in [5, 5.41) is 4.43. The minimum Gasteiger partial charge on any atom is -0.376 e. The molecule has 3 rings (SSSR count). The van der Waals surface area contributed by atoms with Crippen LogP contribution in [0.1, 0.15) is 30.1 Å². The molecule has 0 bridgehead atoms. The van der Waals surface area contributed by atoms with Crippen molar-refractivity contribution in [1.82, 2.24) is 4.98 Å². The zero-order valence-electron chi connectivity index (χ0n) is 11.2. The number of nitrogens with zero attached hydrogens (tertiary/aromatic N) is 1. The maximum Gasteiger partial charge on any atom is 0.106 e. The van der Waals surface area contributed by atoms with Crippen LogP contribution in [-0.4, -0.2) is 4.98 Å². The molecule has 20 heavy (non-hydrogen) atoms. The Balaban J connectivity index is 1.86. The number of benzene rings is 1. The summed E-state index contributed by atoms with van der Waals surface area (Å²) in [6.07, 6.45) is 2.56. The largest absolute Gasteiger partial charge is 0.376 e. The van der Waals surface area contributed by atoms with Crippen LogP contribution in [0, 0.1) is 12.8 Å². The van der Waals surface area contributed by atoms with Crippen molar-refractivity contribution in [1.29, 1.82) is 0 Å². The average molecular weight is 352 g/mol. The van der Waals surface area contributed by atoms with Gasteiger partial charge in [-0.2, -0.15) is 0 Å². The molecule has 0 spiro atoms. The third-order valence-electron chi connectivity index (χ3n) is 3.69. The van der Waals surface area contributed by atoms with Gasteiger partial charge in [0.05, 0.1) is 17.4 Å². The molecular weight excluding hydrogens is 336 g/mol. The van der Waals surface area contributed by atoms with E-state index in [4.69, 9.17) is 11.6 Å². The van der Waals surface area contributed by atoms with Crippen molar-refractivity contribution in [3.05, 3.63) is 57.3 Å². The predicted molar refractivity (Wildman–Crippen MR) is 87.2 cm³/mol. The summed E-state index contributed by atoms with van der Waals surface area (Å²) in [5.74, 6) is 0.708. The van der Waals surface area contributed by atoms with E-state index in [0.717, 1.165) is 21.0 Å². The molecule has 4 heteroatoms. The van der Waals surface area contributed by atoms with Crippen LogP contribution < -0.4 is 5.32 Å². The second kappa shape index (κ2) is 5.74. The van der Waals surface area contributed by atoms with Gasteiger partial charge in [-0.25, -0.2) is 4.98 Å². The van der Waals surface area contributed by atoms with Crippen molar-refractivity contribution >= 4 is 33.2 Å². The van der Waals surface area contributed by atoms with E-state index < -0.39 is 0 Å². The van der Waals surface area contributed by atoms with Crippen molar-refractivity contribution < 1.29 is 0 Å². The normalized spacial score (nSPS) is 15.9. The van der Waals surface area contributed by atoms with E-state index in [-0.39, 0.29) is 0 Å². The van der Waals surface area contributed by atoms with Gasteiger partial charge in [-0.1, -0.05) is 23.7 Å². The number of aryl methyl sites for hydroxylation is 1. The third kappa shape index (κ3) is 3.15. The Kier molecular flexibility index (Phi) is 3.99. The summed E-state index contributed by atoms with van der Waals surface area (Å²) in [7, 11) is 0. The first-order valence-corrected chi connectivity index (χ1v) is 7.96. The van der Waals surface area contributed by atoms with Crippen molar-refractivity contribution in [2.24, 2.45) is 5.92 Å². The minimum absolute atomic E-state index is 0.342. The fourth-order valence-electron chi connectivity index (χ4n) is 2.42. The van der Waals surface area contributed by atoms with Crippen LogP contribution in [0.4, 0.5) is 5.69 Å². The summed E-state index contributed by atoms with van der Waals surface area (Å²) < 4.78 is 0.870. The van der Waals surface area contributed by atoms with Gasteiger partial charge < -0.3 is 5.32 Å². The summed E-state index contributed by atoms with van der Waals surface area (Å²) in [4.78, 5) is 4.45. The Morgan fingerprint density at radius 2 is 1.90 bits per heavy atom. The highest BCUT2D eigenvalue weighted by atomic mass is 79.9. The molecule has 1 saturated carbocycles. The van der Waals surface area contributed by atoms with Gasteiger partial charge in [-0.15, -0.1) is 0 Å². The van der Waals surface area contributed by atoms with Crippen LogP contribution in [0.2, 0.25) is 5.02 Å². The van der Waals surface area contributed by atoms with Crippen LogP contribution >= 0.6 is 27.5 Å². The highest BCUT2D eigenvalue weighted by Gasteiger charge is 2.32. The summed E-state index contributed by atoms with van der Waals surface area (Å²) in [5.41, 5.74) is 3.40. The van der Waals surface area contributed by atoms with Crippen LogP contribution in [0.5, 0.6) is 0 Å². The number of nitrogens with one attached hydrogen (secondary N) is 1. The predicted octanol–water partition coefficient (Wildman–Crippen LogP) is 5.37. The van der Waals surface area contributed by atoms with Crippen LogP contribution in [0.25, 0.3) is 0 Å². The number of pyridine rings is 1. The standard InChI is InChI=1S/C16H16BrClN2/c1-10-14(8-9-15(17)19-10)20-16(11-2-3-11)12-4-6-13(18)7-5-12/h4-9,11,16,20H,2-3H2,1H3. The van der Waals surface area contributed by atoms with Gasteiger partial charge in [0.25, 0.3) is 0 Å². The topological polar surface area (TPSA) is 24.9 Å². The number of aromatic nitrogens is 1. The molecule has 1 aromatic carbocycles. The lowest BCUT2D eigenvalue weighted by molar-refractivity contribution is 0.677. The van der Waals surface area contributed by atoms with E-state index in [9.17, 15) is 0 Å². The molecule has 1 N–H and O–H groups in total.